The van der Waals surface area contributed by atoms with E-state index in [1.807, 2.05) is 18.2 Å². The highest BCUT2D eigenvalue weighted by molar-refractivity contribution is 5.41. The van der Waals surface area contributed by atoms with Crippen LogP contribution in [0.15, 0.2) is 24.3 Å². The zero-order valence-corrected chi connectivity index (χ0v) is 11.3. The maximum Gasteiger partial charge on any atom is 0.104 e. The van der Waals surface area contributed by atoms with E-state index in [1.54, 1.807) is 7.11 Å². The molecule has 0 aliphatic heterocycles. The van der Waals surface area contributed by atoms with Crippen LogP contribution in [-0.4, -0.2) is 43.4 Å². The number of nitrogens with zero attached hydrogens (tertiary/aromatic N) is 1. The Hall–Kier alpha value is -1.34. The molecule has 0 heterocycles. The van der Waals surface area contributed by atoms with Gasteiger partial charge in [-0.2, -0.15) is 0 Å². The van der Waals surface area contributed by atoms with Crippen molar-refractivity contribution in [3.63, 3.8) is 0 Å². The Morgan fingerprint density at radius 3 is 2.78 bits per heavy atom. The summed E-state index contributed by atoms with van der Waals surface area (Å²) in [6.45, 7) is 3.55. The van der Waals surface area contributed by atoms with Crippen LogP contribution in [0.4, 0.5) is 0 Å². The molecule has 1 aromatic carbocycles. The molecule has 1 rings (SSSR count). The van der Waals surface area contributed by atoms with Gasteiger partial charge in [0, 0.05) is 25.3 Å². The van der Waals surface area contributed by atoms with Crippen LogP contribution in [0.5, 0.6) is 0 Å². The van der Waals surface area contributed by atoms with E-state index < -0.39 is 0 Å². The Morgan fingerprint density at radius 1 is 1.39 bits per heavy atom. The number of rotatable bonds is 5. The maximum absolute atomic E-state index is 8.76. The van der Waals surface area contributed by atoms with E-state index in [9.17, 15) is 0 Å². The van der Waals surface area contributed by atoms with Gasteiger partial charge in [0.25, 0.3) is 0 Å². The van der Waals surface area contributed by atoms with Crippen LogP contribution >= 0.6 is 0 Å². The molecule has 0 amide bonds. The largest absolute Gasteiger partial charge is 0.384 e. The molecule has 0 aromatic heterocycles. The Bertz CT molecular complexity index is 420. The lowest BCUT2D eigenvalue weighted by Crippen LogP contribution is -2.32. The van der Waals surface area contributed by atoms with E-state index in [1.165, 1.54) is 5.56 Å². The standard InChI is InChI=1S/C15H21NO2/c1-13(12-18-3)16(2)11-15-8-5-4-7-14(15)9-6-10-17/h4-5,7-8,13,17H,10-12H2,1-3H3. The average Bonchev–Trinajstić information content (AvgIpc) is 2.38. The highest BCUT2D eigenvalue weighted by Gasteiger charge is 2.10. The maximum atomic E-state index is 8.76. The third kappa shape index (κ3) is 4.50. The first-order chi connectivity index (χ1) is 8.69. The van der Waals surface area contributed by atoms with Crippen LogP contribution in [0.25, 0.3) is 0 Å². The van der Waals surface area contributed by atoms with Gasteiger partial charge in [-0.3, -0.25) is 4.90 Å². The molecule has 3 heteroatoms. The van der Waals surface area contributed by atoms with E-state index in [4.69, 9.17) is 9.84 Å². The first-order valence-corrected chi connectivity index (χ1v) is 6.05. The molecule has 0 radical (unpaired) electrons. The molecule has 1 aromatic rings. The van der Waals surface area contributed by atoms with E-state index in [2.05, 4.69) is 36.8 Å². The van der Waals surface area contributed by atoms with Crippen molar-refractivity contribution in [3.05, 3.63) is 35.4 Å². The van der Waals surface area contributed by atoms with Crippen LogP contribution in [0, 0.1) is 11.8 Å². The molecule has 0 saturated heterocycles. The minimum Gasteiger partial charge on any atom is -0.384 e. The van der Waals surface area contributed by atoms with Crippen molar-refractivity contribution in [2.45, 2.75) is 19.5 Å². The van der Waals surface area contributed by atoms with Gasteiger partial charge < -0.3 is 9.84 Å². The summed E-state index contributed by atoms with van der Waals surface area (Å²) < 4.78 is 5.15. The minimum absolute atomic E-state index is 0.107. The summed E-state index contributed by atoms with van der Waals surface area (Å²) in [6, 6.07) is 8.37. The minimum atomic E-state index is -0.107. The van der Waals surface area contributed by atoms with Gasteiger partial charge in [-0.1, -0.05) is 30.0 Å². The molecule has 0 saturated carbocycles. The van der Waals surface area contributed by atoms with Crippen molar-refractivity contribution in [2.75, 3.05) is 27.4 Å². The first-order valence-electron chi connectivity index (χ1n) is 6.05. The van der Waals surface area contributed by atoms with Crippen LogP contribution in [-0.2, 0) is 11.3 Å². The molecule has 0 aliphatic rings. The lowest BCUT2D eigenvalue weighted by atomic mass is 10.1. The van der Waals surface area contributed by atoms with Crippen LogP contribution < -0.4 is 0 Å². The Kier molecular flexibility index (Phi) is 6.45. The molecular weight excluding hydrogens is 226 g/mol. The number of hydrogen-bond donors (Lipinski definition) is 1. The predicted molar refractivity (Wildman–Crippen MR) is 73.2 cm³/mol. The summed E-state index contributed by atoms with van der Waals surface area (Å²) in [5.74, 6) is 5.68. The first kappa shape index (κ1) is 14.7. The molecule has 0 spiro atoms. The molecule has 3 nitrogen and oxygen atoms in total. The van der Waals surface area contributed by atoms with E-state index in [-0.39, 0.29) is 6.61 Å². The lowest BCUT2D eigenvalue weighted by Gasteiger charge is -2.24. The summed E-state index contributed by atoms with van der Waals surface area (Å²) in [5.41, 5.74) is 2.15. The average molecular weight is 247 g/mol. The van der Waals surface area contributed by atoms with Crippen molar-refractivity contribution in [2.24, 2.45) is 0 Å². The highest BCUT2D eigenvalue weighted by Crippen LogP contribution is 2.11. The number of methoxy groups -OCH3 is 1. The van der Waals surface area contributed by atoms with Gasteiger partial charge in [0.1, 0.15) is 6.61 Å². The van der Waals surface area contributed by atoms with Gasteiger partial charge in [0.05, 0.1) is 6.61 Å². The summed E-state index contributed by atoms with van der Waals surface area (Å²) in [5, 5.41) is 8.76. The lowest BCUT2D eigenvalue weighted by molar-refractivity contribution is 0.112. The SMILES string of the molecule is COCC(C)N(C)Cc1ccccc1C#CCO. The van der Waals surface area contributed by atoms with Crippen LogP contribution in [0.2, 0.25) is 0 Å². The third-order valence-corrected chi connectivity index (χ3v) is 2.90. The zero-order valence-electron chi connectivity index (χ0n) is 11.3. The van der Waals surface area contributed by atoms with Gasteiger partial charge in [-0.05, 0) is 25.6 Å². The van der Waals surface area contributed by atoms with Crippen molar-refractivity contribution in [1.29, 1.82) is 0 Å². The number of likely N-dealkylation sites (N-methyl/N-ethyl adjacent to an activating group) is 1. The van der Waals surface area contributed by atoms with Crippen molar-refractivity contribution in [3.8, 4) is 11.8 Å². The smallest absolute Gasteiger partial charge is 0.104 e. The number of hydrogen-bond acceptors (Lipinski definition) is 3. The number of benzene rings is 1. The Morgan fingerprint density at radius 2 is 2.11 bits per heavy atom. The van der Waals surface area contributed by atoms with Crippen molar-refractivity contribution < 1.29 is 9.84 Å². The molecule has 1 unspecified atom stereocenters. The van der Waals surface area contributed by atoms with Gasteiger partial charge in [-0.25, -0.2) is 0 Å². The van der Waals surface area contributed by atoms with Crippen molar-refractivity contribution in [1.82, 2.24) is 4.90 Å². The normalized spacial score (nSPS) is 12.1. The van der Waals surface area contributed by atoms with E-state index in [0.717, 1.165) is 12.1 Å². The van der Waals surface area contributed by atoms with E-state index >= 15 is 0 Å². The second kappa shape index (κ2) is 7.88. The zero-order chi connectivity index (χ0) is 13.4. The summed E-state index contributed by atoms with van der Waals surface area (Å²) in [6.07, 6.45) is 0. The van der Waals surface area contributed by atoms with Gasteiger partial charge in [0.2, 0.25) is 0 Å². The Labute approximate surface area is 109 Å². The molecule has 18 heavy (non-hydrogen) atoms. The van der Waals surface area contributed by atoms with Gasteiger partial charge in [-0.15, -0.1) is 0 Å². The third-order valence-electron chi connectivity index (χ3n) is 2.90. The fourth-order valence-electron chi connectivity index (χ4n) is 1.71. The fourth-order valence-corrected chi connectivity index (χ4v) is 1.71. The number of aliphatic hydroxyl groups excluding tert-OH is 1. The number of ether oxygens (including phenoxy) is 1. The summed E-state index contributed by atoms with van der Waals surface area (Å²) >= 11 is 0. The molecule has 1 atom stereocenters. The molecule has 0 bridgehead atoms. The molecular formula is C15H21NO2. The number of aliphatic hydroxyl groups is 1. The molecule has 0 fully saturated rings. The highest BCUT2D eigenvalue weighted by atomic mass is 16.5. The second-order valence-electron chi connectivity index (χ2n) is 4.34. The predicted octanol–water partition coefficient (Wildman–Crippen LogP) is 1.50. The van der Waals surface area contributed by atoms with E-state index in [0.29, 0.717) is 12.6 Å². The second-order valence-corrected chi connectivity index (χ2v) is 4.34. The Balaban J connectivity index is 2.77. The topological polar surface area (TPSA) is 32.7 Å². The summed E-state index contributed by atoms with van der Waals surface area (Å²) in [7, 11) is 3.78. The monoisotopic (exact) mass is 247 g/mol. The molecule has 98 valence electrons. The van der Waals surface area contributed by atoms with Crippen LogP contribution in [0.3, 0.4) is 0 Å². The molecule has 1 N–H and O–H groups in total. The van der Waals surface area contributed by atoms with Crippen LogP contribution in [0.1, 0.15) is 18.1 Å². The van der Waals surface area contributed by atoms with Gasteiger partial charge >= 0.3 is 0 Å². The summed E-state index contributed by atoms with van der Waals surface area (Å²) in [4.78, 5) is 2.23. The quantitative estimate of drug-likeness (QED) is 0.800. The van der Waals surface area contributed by atoms with Crippen molar-refractivity contribution >= 4 is 0 Å². The van der Waals surface area contributed by atoms with Gasteiger partial charge in [0.15, 0.2) is 0 Å². The molecule has 0 aliphatic carbocycles. The fraction of sp³-hybridized carbons (Fsp3) is 0.467.